The van der Waals surface area contributed by atoms with Crippen molar-refractivity contribution in [2.45, 2.75) is 39.7 Å². The van der Waals surface area contributed by atoms with Crippen LogP contribution in [0.5, 0.6) is 5.75 Å². The van der Waals surface area contributed by atoms with E-state index in [9.17, 15) is 0 Å². The molecule has 0 spiro atoms. The van der Waals surface area contributed by atoms with Gasteiger partial charge in [0.15, 0.2) is 0 Å². The van der Waals surface area contributed by atoms with E-state index >= 15 is 0 Å². The predicted molar refractivity (Wildman–Crippen MR) is 67.2 cm³/mol. The van der Waals surface area contributed by atoms with Crippen LogP contribution in [0.25, 0.3) is 0 Å². The van der Waals surface area contributed by atoms with Crippen molar-refractivity contribution in [2.24, 2.45) is 0 Å². The van der Waals surface area contributed by atoms with E-state index in [2.05, 4.69) is 38.2 Å². The molecule has 0 radical (unpaired) electrons. The van der Waals surface area contributed by atoms with Gasteiger partial charge in [-0.3, -0.25) is 0 Å². The Hall–Kier alpha value is -1.02. The zero-order chi connectivity index (χ0) is 11.5. The summed E-state index contributed by atoms with van der Waals surface area (Å²) in [7, 11) is 0. The van der Waals surface area contributed by atoms with Gasteiger partial charge in [0.25, 0.3) is 0 Å². The molecule has 1 aromatic carbocycles. The second-order valence-corrected chi connectivity index (χ2v) is 4.81. The fraction of sp³-hybridized carbons (Fsp3) is 0.571. The highest BCUT2D eigenvalue weighted by atomic mass is 16.5. The van der Waals surface area contributed by atoms with Crippen LogP contribution in [0.3, 0.4) is 0 Å². The number of rotatable bonds is 3. The summed E-state index contributed by atoms with van der Waals surface area (Å²) < 4.78 is 5.92. The fourth-order valence-corrected chi connectivity index (χ4v) is 2.24. The molecule has 0 unspecified atom stereocenters. The predicted octanol–water partition coefficient (Wildman–Crippen LogP) is 2.74. The summed E-state index contributed by atoms with van der Waals surface area (Å²) in [5.74, 6) is 1.05. The first-order valence-electron chi connectivity index (χ1n) is 6.11. The second-order valence-electron chi connectivity index (χ2n) is 4.81. The highest BCUT2D eigenvalue weighted by Gasteiger charge is 2.15. The molecule has 1 fully saturated rings. The largest absolute Gasteiger partial charge is 0.492 e. The first kappa shape index (κ1) is 11.5. The number of ether oxygens (including phenoxy) is 1. The average molecular weight is 219 g/mol. The van der Waals surface area contributed by atoms with Gasteiger partial charge in [-0.15, -0.1) is 0 Å². The Morgan fingerprint density at radius 1 is 1.31 bits per heavy atom. The molecule has 1 aliphatic rings. The number of nitrogens with one attached hydrogen (secondary N) is 1. The van der Waals surface area contributed by atoms with Gasteiger partial charge in [-0.25, -0.2) is 0 Å². The van der Waals surface area contributed by atoms with Crippen LogP contribution in [-0.2, 0) is 0 Å². The maximum absolute atomic E-state index is 5.92. The van der Waals surface area contributed by atoms with E-state index in [0.717, 1.165) is 18.9 Å². The summed E-state index contributed by atoms with van der Waals surface area (Å²) in [4.78, 5) is 0. The summed E-state index contributed by atoms with van der Waals surface area (Å²) in [6.07, 6.45) is 2.52. The molecule has 1 aromatic rings. The average Bonchev–Trinajstić information content (AvgIpc) is 2.74. The van der Waals surface area contributed by atoms with E-state index < -0.39 is 0 Å². The first-order chi connectivity index (χ1) is 7.66. The van der Waals surface area contributed by atoms with Crippen molar-refractivity contribution in [3.63, 3.8) is 0 Å². The normalized spacial score (nSPS) is 20.1. The van der Waals surface area contributed by atoms with Crippen LogP contribution >= 0.6 is 0 Å². The number of benzene rings is 1. The molecular weight excluding hydrogens is 198 g/mol. The minimum absolute atomic E-state index is 0.542. The zero-order valence-corrected chi connectivity index (χ0v) is 10.5. The third-order valence-corrected chi connectivity index (χ3v) is 3.37. The molecule has 0 saturated carbocycles. The van der Waals surface area contributed by atoms with E-state index in [1.54, 1.807) is 0 Å². The maximum atomic E-state index is 5.92. The summed E-state index contributed by atoms with van der Waals surface area (Å²) in [6.45, 7) is 8.33. The molecular formula is C14H21NO. The van der Waals surface area contributed by atoms with Gasteiger partial charge in [0.1, 0.15) is 12.4 Å². The molecule has 0 aromatic heterocycles. The Balaban J connectivity index is 2.02. The van der Waals surface area contributed by atoms with E-state index in [1.165, 1.54) is 29.5 Å². The molecule has 2 heteroatoms. The molecule has 16 heavy (non-hydrogen) atoms. The lowest BCUT2D eigenvalue weighted by Crippen LogP contribution is -2.28. The van der Waals surface area contributed by atoms with Crippen molar-refractivity contribution in [1.82, 2.24) is 5.32 Å². The van der Waals surface area contributed by atoms with Gasteiger partial charge in [-0.05, 0) is 62.9 Å². The Bertz CT molecular complexity index is 367. The Morgan fingerprint density at radius 2 is 2.12 bits per heavy atom. The standard InChI is InChI=1S/C14H21NO/c1-10-7-11(2)12(3)14(8-10)16-9-13-5-4-6-15-13/h7-8,13,15H,4-6,9H2,1-3H3/t13-/m1/s1. The third-order valence-electron chi connectivity index (χ3n) is 3.37. The van der Waals surface area contributed by atoms with Gasteiger partial charge in [-0.1, -0.05) is 6.07 Å². The van der Waals surface area contributed by atoms with Crippen LogP contribution in [0.4, 0.5) is 0 Å². The molecule has 0 amide bonds. The number of hydrogen-bond donors (Lipinski definition) is 1. The Labute approximate surface area is 98.0 Å². The van der Waals surface area contributed by atoms with Crippen LogP contribution in [0.1, 0.15) is 29.5 Å². The van der Waals surface area contributed by atoms with Crippen molar-refractivity contribution in [2.75, 3.05) is 13.2 Å². The topological polar surface area (TPSA) is 21.3 Å². The molecule has 1 atom stereocenters. The van der Waals surface area contributed by atoms with Gasteiger partial charge in [0.2, 0.25) is 0 Å². The molecule has 2 rings (SSSR count). The molecule has 88 valence electrons. The van der Waals surface area contributed by atoms with Crippen molar-refractivity contribution in [3.05, 3.63) is 28.8 Å². The first-order valence-corrected chi connectivity index (χ1v) is 6.11. The third kappa shape index (κ3) is 2.56. The van der Waals surface area contributed by atoms with E-state index in [1.807, 2.05) is 0 Å². The fourth-order valence-electron chi connectivity index (χ4n) is 2.24. The molecule has 1 saturated heterocycles. The summed E-state index contributed by atoms with van der Waals surface area (Å²) >= 11 is 0. The minimum atomic E-state index is 0.542. The summed E-state index contributed by atoms with van der Waals surface area (Å²) in [5, 5.41) is 3.45. The smallest absolute Gasteiger partial charge is 0.122 e. The quantitative estimate of drug-likeness (QED) is 0.844. The highest BCUT2D eigenvalue weighted by Crippen LogP contribution is 2.23. The SMILES string of the molecule is Cc1cc(C)c(C)c(OC[C@H]2CCCN2)c1. The lowest BCUT2D eigenvalue weighted by molar-refractivity contribution is 0.275. The van der Waals surface area contributed by atoms with Crippen molar-refractivity contribution < 1.29 is 4.74 Å². The molecule has 0 bridgehead atoms. The summed E-state index contributed by atoms with van der Waals surface area (Å²) in [6, 6.07) is 4.88. The second kappa shape index (κ2) is 4.88. The van der Waals surface area contributed by atoms with Gasteiger partial charge in [-0.2, -0.15) is 0 Å². The lowest BCUT2D eigenvalue weighted by atomic mass is 10.1. The molecule has 0 aliphatic carbocycles. The highest BCUT2D eigenvalue weighted by molar-refractivity contribution is 5.41. The number of aryl methyl sites for hydroxylation is 2. The Morgan fingerprint density at radius 3 is 2.81 bits per heavy atom. The lowest BCUT2D eigenvalue weighted by Gasteiger charge is -2.15. The van der Waals surface area contributed by atoms with E-state index in [0.29, 0.717) is 6.04 Å². The van der Waals surface area contributed by atoms with Crippen molar-refractivity contribution >= 4 is 0 Å². The van der Waals surface area contributed by atoms with Crippen molar-refractivity contribution in [3.8, 4) is 5.75 Å². The van der Waals surface area contributed by atoms with Gasteiger partial charge in [0.05, 0.1) is 0 Å². The summed E-state index contributed by atoms with van der Waals surface area (Å²) in [5.41, 5.74) is 3.86. The Kier molecular flexibility index (Phi) is 3.49. The van der Waals surface area contributed by atoms with Gasteiger partial charge >= 0.3 is 0 Å². The molecule has 2 nitrogen and oxygen atoms in total. The molecule has 1 N–H and O–H groups in total. The van der Waals surface area contributed by atoms with Crippen LogP contribution in [0, 0.1) is 20.8 Å². The minimum Gasteiger partial charge on any atom is -0.492 e. The monoisotopic (exact) mass is 219 g/mol. The van der Waals surface area contributed by atoms with Crippen molar-refractivity contribution in [1.29, 1.82) is 0 Å². The molecule has 1 aliphatic heterocycles. The zero-order valence-electron chi connectivity index (χ0n) is 10.5. The van der Waals surface area contributed by atoms with E-state index in [4.69, 9.17) is 4.74 Å². The molecule has 1 heterocycles. The number of hydrogen-bond acceptors (Lipinski definition) is 2. The van der Waals surface area contributed by atoms with Crippen LogP contribution in [0.15, 0.2) is 12.1 Å². The van der Waals surface area contributed by atoms with Crippen LogP contribution in [0.2, 0.25) is 0 Å². The van der Waals surface area contributed by atoms with Crippen LogP contribution < -0.4 is 10.1 Å². The van der Waals surface area contributed by atoms with Crippen LogP contribution in [-0.4, -0.2) is 19.2 Å². The van der Waals surface area contributed by atoms with Gasteiger partial charge < -0.3 is 10.1 Å². The maximum Gasteiger partial charge on any atom is 0.122 e. The van der Waals surface area contributed by atoms with Gasteiger partial charge in [0, 0.05) is 6.04 Å². The van der Waals surface area contributed by atoms with E-state index in [-0.39, 0.29) is 0 Å².